The lowest BCUT2D eigenvalue weighted by atomic mass is 9.94. The summed E-state index contributed by atoms with van der Waals surface area (Å²) in [7, 11) is 4.23. The van der Waals surface area contributed by atoms with Crippen molar-refractivity contribution in [3.8, 4) is 0 Å². The fourth-order valence-corrected chi connectivity index (χ4v) is 8.57. The van der Waals surface area contributed by atoms with E-state index >= 15 is 0 Å². The molecule has 0 radical (unpaired) electrons. The Balaban J connectivity index is 2.47. The molecule has 1 aliphatic rings. The van der Waals surface area contributed by atoms with E-state index in [9.17, 15) is 9.59 Å². The number of ether oxygens (including phenoxy) is 4. The summed E-state index contributed by atoms with van der Waals surface area (Å²) in [6, 6.07) is 0. The van der Waals surface area contributed by atoms with Crippen LogP contribution in [0.3, 0.4) is 0 Å². The zero-order chi connectivity index (χ0) is 42.4. The first-order valence-electron chi connectivity index (χ1n) is 25.6. The molecule has 3 unspecified atom stereocenters. The molecule has 0 aromatic rings. The van der Waals surface area contributed by atoms with Gasteiger partial charge in [0.15, 0.2) is 5.79 Å². The minimum atomic E-state index is -0.487. The normalized spacial score (nSPS) is 17.9. The van der Waals surface area contributed by atoms with Crippen LogP contribution in [0.1, 0.15) is 252 Å². The van der Waals surface area contributed by atoms with E-state index in [0.29, 0.717) is 19.8 Å². The van der Waals surface area contributed by atoms with Gasteiger partial charge in [-0.25, -0.2) is 0 Å². The number of nitrogens with zero attached hydrogens (tertiary/aromatic N) is 1. The molecule has 0 aromatic heterocycles. The summed E-state index contributed by atoms with van der Waals surface area (Å²) < 4.78 is 24.9. The van der Waals surface area contributed by atoms with Crippen LogP contribution in [0.4, 0.5) is 0 Å². The molecule has 1 saturated heterocycles. The molecule has 0 amide bonds. The van der Waals surface area contributed by atoms with E-state index in [4.69, 9.17) is 18.9 Å². The maximum Gasteiger partial charge on any atom is 0.308 e. The van der Waals surface area contributed by atoms with Gasteiger partial charge in [0, 0.05) is 19.4 Å². The number of esters is 2. The van der Waals surface area contributed by atoms with Crippen LogP contribution >= 0.6 is 0 Å². The highest BCUT2D eigenvalue weighted by molar-refractivity contribution is 5.72. The largest absolute Gasteiger partial charge is 0.465 e. The summed E-state index contributed by atoms with van der Waals surface area (Å²) >= 11 is 0. The third-order valence-corrected chi connectivity index (χ3v) is 12.5. The van der Waals surface area contributed by atoms with Gasteiger partial charge in [-0.1, -0.05) is 182 Å². The van der Waals surface area contributed by atoms with E-state index in [1.165, 1.54) is 103 Å². The van der Waals surface area contributed by atoms with Crippen LogP contribution in [0.5, 0.6) is 0 Å². The molecule has 0 aliphatic carbocycles. The summed E-state index contributed by atoms with van der Waals surface area (Å²) in [5, 5.41) is 0. The molecule has 7 nitrogen and oxygen atoms in total. The molecular formula is C51H99NO6. The third-order valence-electron chi connectivity index (χ3n) is 12.5. The van der Waals surface area contributed by atoms with Crippen LogP contribution in [-0.2, 0) is 28.5 Å². The molecule has 7 heteroatoms. The van der Waals surface area contributed by atoms with Gasteiger partial charge >= 0.3 is 11.9 Å². The number of rotatable bonds is 43. The Bertz CT molecular complexity index is 869. The molecule has 1 heterocycles. The van der Waals surface area contributed by atoms with Crippen molar-refractivity contribution in [2.24, 2.45) is 11.8 Å². The summed E-state index contributed by atoms with van der Waals surface area (Å²) in [4.78, 5) is 28.4. The van der Waals surface area contributed by atoms with Crippen molar-refractivity contribution in [1.29, 1.82) is 0 Å². The minimum Gasteiger partial charge on any atom is -0.465 e. The van der Waals surface area contributed by atoms with Crippen LogP contribution in [-0.4, -0.2) is 69.2 Å². The highest BCUT2D eigenvalue weighted by Crippen LogP contribution is 2.35. The predicted octanol–water partition coefficient (Wildman–Crippen LogP) is 14.7. The average Bonchev–Trinajstić information content (AvgIpc) is 3.63. The van der Waals surface area contributed by atoms with Crippen molar-refractivity contribution in [2.75, 3.05) is 40.5 Å². The van der Waals surface area contributed by atoms with Crippen LogP contribution in [0, 0.1) is 11.8 Å². The second-order valence-electron chi connectivity index (χ2n) is 18.4. The number of hydrogen-bond acceptors (Lipinski definition) is 7. The molecule has 344 valence electrons. The van der Waals surface area contributed by atoms with Crippen molar-refractivity contribution in [2.45, 2.75) is 264 Å². The second-order valence-corrected chi connectivity index (χ2v) is 18.4. The maximum atomic E-state index is 13.1. The zero-order valence-corrected chi connectivity index (χ0v) is 39.7. The van der Waals surface area contributed by atoms with Gasteiger partial charge in [-0.15, -0.1) is 0 Å². The fourth-order valence-electron chi connectivity index (χ4n) is 8.57. The van der Waals surface area contributed by atoms with E-state index in [1.54, 1.807) is 0 Å². The molecule has 0 saturated carbocycles. The number of carbonyl (C=O) groups is 2. The van der Waals surface area contributed by atoms with E-state index < -0.39 is 5.79 Å². The first-order chi connectivity index (χ1) is 28.3. The van der Waals surface area contributed by atoms with E-state index in [2.05, 4.69) is 46.7 Å². The maximum absolute atomic E-state index is 13.1. The lowest BCUT2D eigenvalue weighted by Gasteiger charge is -2.29. The Hall–Kier alpha value is -1.18. The quantitative estimate of drug-likeness (QED) is 0.0448. The van der Waals surface area contributed by atoms with Crippen LogP contribution in [0.15, 0.2) is 0 Å². The van der Waals surface area contributed by atoms with Crippen LogP contribution < -0.4 is 0 Å². The Morgan fingerprint density at radius 2 is 0.862 bits per heavy atom. The molecule has 1 rings (SSSR count). The summed E-state index contributed by atoms with van der Waals surface area (Å²) in [5.41, 5.74) is 0. The van der Waals surface area contributed by atoms with E-state index in [-0.39, 0.29) is 29.9 Å². The van der Waals surface area contributed by atoms with Gasteiger partial charge in [0.05, 0.1) is 37.8 Å². The monoisotopic (exact) mass is 822 g/mol. The standard InChI is InChI=1S/C51H99NO6/c1-7-11-15-19-21-29-37-46(35-27-17-13-9-3)49(53)55-43-33-25-23-31-40-51(57-45-48(58-51)39-42-52(5)6)41-32-24-26-34-44-56-50(54)47(36-28-18-14-10-4)38-30-22-20-16-12-8-2/h46-48H,7-45H2,1-6H3. The Kier molecular flexibility index (Phi) is 36.6. The molecule has 0 aromatic carbocycles. The van der Waals surface area contributed by atoms with Crippen molar-refractivity contribution in [3.63, 3.8) is 0 Å². The lowest BCUT2D eigenvalue weighted by molar-refractivity contribution is -0.180. The van der Waals surface area contributed by atoms with Gasteiger partial charge in [-0.2, -0.15) is 0 Å². The predicted molar refractivity (Wildman–Crippen MR) is 245 cm³/mol. The van der Waals surface area contributed by atoms with Crippen molar-refractivity contribution in [3.05, 3.63) is 0 Å². The Morgan fingerprint density at radius 3 is 1.26 bits per heavy atom. The molecule has 1 aliphatic heterocycles. The number of carbonyl (C=O) groups excluding carboxylic acids is 2. The van der Waals surface area contributed by atoms with Crippen molar-refractivity contribution >= 4 is 11.9 Å². The molecule has 58 heavy (non-hydrogen) atoms. The SMILES string of the molecule is CCCCCCCCC(CCCCCC)C(=O)OCCCCCCC1(CCCCCCOC(=O)C(CCCCCC)CCCCCCCC)OCC(CCN(C)C)O1. The molecule has 0 bridgehead atoms. The Morgan fingerprint density at radius 1 is 0.517 bits per heavy atom. The molecule has 0 N–H and O–H groups in total. The van der Waals surface area contributed by atoms with Crippen LogP contribution in [0.2, 0.25) is 0 Å². The summed E-state index contributed by atoms with van der Waals surface area (Å²) in [5.74, 6) is -0.244. The first-order valence-corrected chi connectivity index (χ1v) is 25.6. The molecular weight excluding hydrogens is 723 g/mol. The molecule has 3 atom stereocenters. The van der Waals surface area contributed by atoms with Gasteiger partial charge in [-0.05, 0) is 71.9 Å². The van der Waals surface area contributed by atoms with Gasteiger partial charge in [0.2, 0.25) is 0 Å². The number of hydrogen-bond donors (Lipinski definition) is 0. The van der Waals surface area contributed by atoms with Crippen molar-refractivity contribution < 1.29 is 28.5 Å². The van der Waals surface area contributed by atoms with E-state index in [0.717, 1.165) is 129 Å². The van der Waals surface area contributed by atoms with Gasteiger partial charge in [0.1, 0.15) is 0 Å². The van der Waals surface area contributed by atoms with Gasteiger partial charge in [0.25, 0.3) is 0 Å². The summed E-state index contributed by atoms with van der Waals surface area (Å²) in [6.45, 7) is 11.8. The lowest BCUT2D eigenvalue weighted by Crippen LogP contribution is -2.31. The third kappa shape index (κ3) is 29.9. The highest BCUT2D eigenvalue weighted by Gasteiger charge is 2.40. The molecule has 0 spiro atoms. The highest BCUT2D eigenvalue weighted by atomic mass is 16.7. The van der Waals surface area contributed by atoms with Crippen LogP contribution in [0.25, 0.3) is 0 Å². The topological polar surface area (TPSA) is 74.3 Å². The van der Waals surface area contributed by atoms with Gasteiger partial charge < -0.3 is 23.8 Å². The fraction of sp³-hybridized carbons (Fsp3) is 0.961. The summed E-state index contributed by atoms with van der Waals surface area (Å²) in [6.07, 6.45) is 40.0. The van der Waals surface area contributed by atoms with E-state index in [1.807, 2.05) is 0 Å². The number of unbranched alkanes of at least 4 members (excludes halogenated alkanes) is 22. The second kappa shape index (κ2) is 38.7. The Labute approximate surface area is 361 Å². The smallest absolute Gasteiger partial charge is 0.308 e. The minimum absolute atomic E-state index is 0.0455. The first kappa shape index (κ1) is 54.8. The molecule has 1 fully saturated rings. The average molecular weight is 822 g/mol. The van der Waals surface area contributed by atoms with Gasteiger partial charge in [-0.3, -0.25) is 9.59 Å². The zero-order valence-electron chi connectivity index (χ0n) is 39.7. The van der Waals surface area contributed by atoms with Crippen molar-refractivity contribution in [1.82, 2.24) is 4.90 Å².